The molecule has 0 heterocycles. The Bertz CT molecular complexity index is 1130. The molecule has 218 valence electrons. The molecule has 2 N–H and O–H groups in total. The molecule has 0 aliphatic heterocycles. The van der Waals surface area contributed by atoms with Gasteiger partial charge in [0, 0.05) is 0 Å². The Morgan fingerprint density at radius 2 is 1.35 bits per heavy atom. The second-order valence-corrected chi connectivity index (χ2v) is 9.08. The van der Waals surface area contributed by atoms with Crippen molar-refractivity contribution < 1.29 is 43.1 Å². The first-order valence-corrected chi connectivity index (χ1v) is 13.4. The van der Waals surface area contributed by atoms with E-state index in [1.807, 2.05) is 18.2 Å². The molecule has 0 saturated carbocycles. The minimum atomic E-state index is -0.726. The molecule has 0 unspecified atom stereocenters. The van der Waals surface area contributed by atoms with Crippen molar-refractivity contribution in [3.05, 3.63) is 72.1 Å². The number of aliphatic hydroxyl groups excluding tert-OH is 2. The lowest BCUT2D eigenvalue weighted by molar-refractivity contribution is -0.141. The number of hydrogen-bond donors (Lipinski definition) is 2. The fraction of sp³-hybridized carbons (Fsp3) is 0.419. The topological polar surface area (TPSA) is 112 Å². The van der Waals surface area contributed by atoms with Crippen LogP contribution in [0.3, 0.4) is 0 Å². The van der Waals surface area contributed by atoms with Crippen LogP contribution < -0.4 is 9.47 Å². The van der Waals surface area contributed by atoms with Crippen molar-refractivity contribution in [2.75, 3.05) is 39.6 Å². The fourth-order valence-electron chi connectivity index (χ4n) is 3.78. The van der Waals surface area contributed by atoms with Crippen LogP contribution in [-0.4, -0.2) is 61.8 Å². The van der Waals surface area contributed by atoms with Crippen LogP contribution in [0.15, 0.2) is 60.7 Å². The summed E-state index contributed by atoms with van der Waals surface area (Å²) in [6.07, 6.45) is 5.70. The van der Waals surface area contributed by atoms with Gasteiger partial charge in [-0.15, -0.1) is 0 Å². The number of benzene rings is 2. The van der Waals surface area contributed by atoms with Crippen molar-refractivity contribution in [3.8, 4) is 22.6 Å². The zero-order chi connectivity index (χ0) is 29.3. The molecule has 0 saturated heterocycles. The maximum Gasteiger partial charge on any atom is 0.335 e. The summed E-state index contributed by atoms with van der Waals surface area (Å²) in [5.74, 6) is -1.23. The number of hydrogen-bond acceptors (Lipinski definition) is 8. The van der Waals surface area contributed by atoms with Gasteiger partial charge in [0.1, 0.15) is 32.2 Å². The third kappa shape index (κ3) is 10.5. The molecule has 2 aromatic rings. The lowest BCUT2D eigenvalue weighted by Gasteiger charge is -2.16. The summed E-state index contributed by atoms with van der Waals surface area (Å²) >= 11 is 0. The first-order valence-electron chi connectivity index (χ1n) is 13.4. The number of esters is 2. The van der Waals surface area contributed by atoms with Gasteiger partial charge in [-0.3, -0.25) is 0 Å². The van der Waals surface area contributed by atoms with Gasteiger partial charge in [0.25, 0.3) is 0 Å². The summed E-state index contributed by atoms with van der Waals surface area (Å²) < 4.78 is 36.7. The Labute approximate surface area is 235 Å². The van der Waals surface area contributed by atoms with Gasteiger partial charge >= 0.3 is 11.9 Å². The van der Waals surface area contributed by atoms with Crippen LogP contribution in [0.25, 0.3) is 11.1 Å². The number of carbonyl (C=O) groups is 2. The molecule has 2 rings (SSSR count). The molecule has 2 aromatic carbocycles. The summed E-state index contributed by atoms with van der Waals surface area (Å²) in [6.45, 7) is 7.95. The number of rotatable bonds is 19. The second-order valence-electron chi connectivity index (χ2n) is 9.08. The van der Waals surface area contributed by atoms with E-state index in [0.717, 1.165) is 43.2 Å². The van der Waals surface area contributed by atoms with Crippen LogP contribution in [0.1, 0.15) is 44.6 Å². The molecular weight excluding hydrogens is 519 g/mol. The van der Waals surface area contributed by atoms with E-state index in [1.165, 1.54) is 0 Å². The highest BCUT2D eigenvalue weighted by molar-refractivity contribution is 5.88. The standard InChI is InChI=1S/C31H39FO8/c1-4-5-6-7-8-9-27-26(14-15-28(29(27)32)38-17-19-40-31(36)23(3)21-34)24-10-12-25(13-11-24)37-16-18-39-30(35)22(2)20-33/h10-15,33-34H,2-9,16-21H2,1H3. The molecular formula is C31H39FO8. The minimum Gasteiger partial charge on any atom is -0.490 e. The molecule has 0 aliphatic rings. The zero-order valence-electron chi connectivity index (χ0n) is 23.1. The third-order valence-corrected chi connectivity index (χ3v) is 6.02. The van der Waals surface area contributed by atoms with Crippen molar-refractivity contribution in [2.45, 2.75) is 45.4 Å². The van der Waals surface area contributed by atoms with Crippen LogP contribution in [0.2, 0.25) is 0 Å². The maximum absolute atomic E-state index is 15.6. The van der Waals surface area contributed by atoms with Crippen molar-refractivity contribution in [1.29, 1.82) is 0 Å². The normalized spacial score (nSPS) is 10.6. The van der Waals surface area contributed by atoms with Gasteiger partial charge < -0.3 is 29.2 Å². The fourth-order valence-corrected chi connectivity index (χ4v) is 3.78. The predicted octanol–water partition coefficient (Wildman–Crippen LogP) is 4.95. The molecule has 8 nitrogen and oxygen atoms in total. The summed E-state index contributed by atoms with van der Waals surface area (Å²) in [7, 11) is 0. The summed E-state index contributed by atoms with van der Waals surface area (Å²) in [5, 5.41) is 17.8. The molecule has 0 bridgehead atoms. The Morgan fingerprint density at radius 1 is 0.775 bits per heavy atom. The van der Waals surface area contributed by atoms with Gasteiger partial charge in [0.05, 0.1) is 24.4 Å². The van der Waals surface area contributed by atoms with E-state index in [0.29, 0.717) is 17.7 Å². The van der Waals surface area contributed by atoms with Crippen molar-refractivity contribution in [1.82, 2.24) is 0 Å². The average molecular weight is 559 g/mol. The molecule has 0 aromatic heterocycles. The summed E-state index contributed by atoms with van der Waals surface area (Å²) in [4.78, 5) is 23.1. The number of aliphatic hydroxyl groups is 2. The largest absolute Gasteiger partial charge is 0.490 e. The lowest BCUT2D eigenvalue weighted by Crippen LogP contribution is -2.15. The van der Waals surface area contributed by atoms with E-state index in [1.54, 1.807) is 18.2 Å². The first kappa shape index (κ1) is 32.5. The van der Waals surface area contributed by atoms with Gasteiger partial charge in [0.15, 0.2) is 11.6 Å². The second kappa shape index (κ2) is 17.8. The zero-order valence-corrected chi connectivity index (χ0v) is 23.1. The number of carbonyl (C=O) groups excluding carboxylic acids is 2. The SMILES string of the molecule is C=C(CO)C(=O)OCCOc1ccc(-c2ccc(OCCOC(=O)C(=C)CO)c(F)c2CCCCCCC)cc1. The first-order chi connectivity index (χ1) is 19.3. The monoisotopic (exact) mass is 558 g/mol. The Hall–Kier alpha value is -3.69. The van der Waals surface area contributed by atoms with Crippen molar-refractivity contribution in [3.63, 3.8) is 0 Å². The highest BCUT2D eigenvalue weighted by Crippen LogP contribution is 2.33. The van der Waals surface area contributed by atoms with E-state index < -0.39 is 31.0 Å². The van der Waals surface area contributed by atoms with Crippen LogP contribution in [-0.2, 0) is 25.5 Å². The van der Waals surface area contributed by atoms with E-state index in [-0.39, 0.29) is 43.3 Å². The highest BCUT2D eigenvalue weighted by Gasteiger charge is 2.17. The molecule has 0 amide bonds. The smallest absolute Gasteiger partial charge is 0.335 e. The summed E-state index contributed by atoms with van der Waals surface area (Å²) in [6, 6.07) is 10.5. The molecule has 0 radical (unpaired) electrons. The van der Waals surface area contributed by atoms with Crippen molar-refractivity contribution >= 4 is 11.9 Å². The Kier molecular flexibility index (Phi) is 14.5. The van der Waals surface area contributed by atoms with E-state index in [9.17, 15) is 9.59 Å². The van der Waals surface area contributed by atoms with Gasteiger partial charge in [-0.05, 0) is 47.7 Å². The van der Waals surface area contributed by atoms with E-state index in [2.05, 4.69) is 20.1 Å². The Morgan fingerprint density at radius 3 is 1.93 bits per heavy atom. The Balaban J connectivity index is 2.08. The molecule has 0 fully saturated rings. The third-order valence-electron chi connectivity index (χ3n) is 6.02. The molecule has 0 atom stereocenters. The molecule has 40 heavy (non-hydrogen) atoms. The van der Waals surface area contributed by atoms with Gasteiger partial charge in [-0.1, -0.05) is 64.0 Å². The van der Waals surface area contributed by atoms with Gasteiger partial charge in [-0.2, -0.15) is 0 Å². The maximum atomic E-state index is 15.6. The average Bonchev–Trinajstić information content (AvgIpc) is 2.97. The van der Waals surface area contributed by atoms with E-state index in [4.69, 9.17) is 29.2 Å². The van der Waals surface area contributed by atoms with Crippen LogP contribution in [0, 0.1) is 5.82 Å². The number of ether oxygens (including phenoxy) is 4. The minimum absolute atomic E-state index is 0.00381. The summed E-state index contributed by atoms with van der Waals surface area (Å²) in [5.41, 5.74) is 2.01. The predicted molar refractivity (Wildman–Crippen MR) is 150 cm³/mol. The van der Waals surface area contributed by atoms with Gasteiger partial charge in [0.2, 0.25) is 0 Å². The quantitative estimate of drug-likeness (QED) is 0.142. The molecule has 0 aliphatic carbocycles. The van der Waals surface area contributed by atoms with Crippen LogP contribution >= 0.6 is 0 Å². The highest BCUT2D eigenvalue weighted by atomic mass is 19.1. The van der Waals surface area contributed by atoms with Crippen LogP contribution in [0.4, 0.5) is 4.39 Å². The van der Waals surface area contributed by atoms with Crippen LogP contribution in [0.5, 0.6) is 11.5 Å². The van der Waals surface area contributed by atoms with Gasteiger partial charge in [-0.25, -0.2) is 14.0 Å². The lowest BCUT2D eigenvalue weighted by atomic mass is 9.94. The molecule has 0 spiro atoms. The van der Waals surface area contributed by atoms with Crippen molar-refractivity contribution in [2.24, 2.45) is 0 Å². The molecule has 9 heteroatoms. The van der Waals surface area contributed by atoms with E-state index >= 15 is 4.39 Å². The number of unbranched alkanes of at least 4 members (excludes halogenated alkanes) is 4. The number of halogens is 1.